The van der Waals surface area contributed by atoms with Gasteiger partial charge in [-0.25, -0.2) is 13.6 Å². The molecule has 0 bridgehead atoms. The SMILES string of the molecule is NC(=O)c1c(OCc2cc(F)c(Cl)cc2F)nsc1NC(=O)NCCCCN1CCN(CCCO)CC1. The summed E-state index contributed by atoms with van der Waals surface area (Å²) in [7, 11) is 0. The van der Waals surface area contributed by atoms with Crippen LogP contribution in [0.3, 0.4) is 0 Å². The monoisotopic (exact) mass is 560 g/mol. The lowest BCUT2D eigenvalue weighted by molar-refractivity contribution is 0.0996. The summed E-state index contributed by atoms with van der Waals surface area (Å²) in [6.07, 6.45) is 2.50. The number of carbonyl (C=O) groups is 2. The van der Waals surface area contributed by atoms with Crippen LogP contribution in [0.5, 0.6) is 5.88 Å². The molecule has 2 aromatic rings. The van der Waals surface area contributed by atoms with E-state index < -0.39 is 30.2 Å². The largest absolute Gasteiger partial charge is 0.471 e. The second kappa shape index (κ2) is 14.4. The molecule has 1 aromatic carbocycles. The maximum absolute atomic E-state index is 14.0. The topological polar surface area (TPSA) is 133 Å². The zero-order chi connectivity index (χ0) is 26.8. The number of aliphatic hydroxyl groups is 1. The Morgan fingerprint density at radius 1 is 1.11 bits per heavy atom. The van der Waals surface area contributed by atoms with Crippen LogP contribution in [-0.2, 0) is 6.61 Å². The summed E-state index contributed by atoms with van der Waals surface area (Å²) in [6, 6.07) is 1.19. The third kappa shape index (κ3) is 8.75. The highest BCUT2D eigenvalue weighted by atomic mass is 35.5. The van der Waals surface area contributed by atoms with E-state index in [-0.39, 0.29) is 33.6 Å². The Bertz CT molecular complexity index is 1070. The quantitative estimate of drug-likeness (QED) is 0.219. The summed E-state index contributed by atoms with van der Waals surface area (Å²) in [5.41, 5.74) is 5.14. The Morgan fingerprint density at radius 2 is 1.78 bits per heavy atom. The van der Waals surface area contributed by atoms with Crippen molar-refractivity contribution in [2.75, 3.05) is 57.7 Å². The van der Waals surface area contributed by atoms with Crippen LogP contribution in [0.15, 0.2) is 12.1 Å². The van der Waals surface area contributed by atoms with E-state index >= 15 is 0 Å². The minimum atomic E-state index is -0.890. The van der Waals surface area contributed by atoms with Crippen molar-refractivity contribution in [1.82, 2.24) is 19.5 Å². The van der Waals surface area contributed by atoms with E-state index in [1.807, 2.05) is 0 Å². The number of hydrogen-bond donors (Lipinski definition) is 4. The van der Waals surface area contributed by atoms with Crippen molar-refractivity contribution < 1.29 is 28.2 Å². The number of halogens is 3. The number of nitrogens with one attached hydrogen (secondary N) is 2. The third-order valence-electron chi connectivity index (χ3n) is 5.87. The Balaban J connectivity index is 1.41. The Kier molecular flexibility index (Phi) is 11.3. The number of aliphatic hydroxyl groups excluding tert-OH is 1. The number of urea groups is 1. The second-order valence-corrected chi connectivity index (χ2v) is 9.73. The van der Waals surface area contributed by atoms with Gasteiger partial charge in [-0.3, -0.25) is 10.1 Å². The molecule has 1 aliphatic heterocycles. The molecule has 5 N–H and O–H groups in total. The van der Waals surface area contributed by atoms with E-state index in [0.717, 1.165) is 82.2 Å². The number of aromatic nitrogens is 1. The molecule has 0 saturated carbocycles. The van der Waals surface area contributed by atoms with E-state index in [4.69, 9.17) is 27.2 Å². The predicted octanol–water partition coefficient (Wildman–Crippen LogP) is 2.65. The minimum Gasteiger partial charge on any atom is -0.471 e. The maximum atomic E-state index is 14.0. The highest BCUT2D eigenvalue weighted by Gasteiger charge is 2.23. The number of hydrogen-bond acceptors (Lipinski definition) is 8. The number of ether oxygens (including phenoxy) is 1. The van der Waals surface area contributed by atoms with Gasteiger partial charge < -0.3 is 30.7 Å². The summed E-state index contributed by atoms with van der Waals surface area (Å²) >= 11 is 6.33. The van der Waals surface area contributed by atoms with Crippen molar-refractivity contribution in [3.63, 3.8) is 0 Å². The van der Waals surface area contributed by atoms with E-state index in [1.54, 1.807) is 0 Å². The number of amides is 3. The highest BCUT2D eigenvalue weighted by Crippen LogP contribution is 2.31. The molecule has 0 aliphatic carbocycles. The van der Waals surface area contributed by atoms with E-state index in [0.29, 0.717) is 6.54 Å². The number of carbonyl (C=O) groups excluding carboxylic acids is 2. The molecule has 2 heterocycles. The molecular formula is C23H31ClF2N6O4S. The number of nitrogens with zero attached hydrogens (tertiary/aromatic N) is 3. The number of piperazine rings is 1. The molecule has 3 rings (SSSR count). The van der Waals surface area contributed by atoms with Gasteiger partial charge >= 0.3 is 6.03 Å². The number of primary amides is 1. The van der Waals surface area contributed by atoms with Gasteiger partial charge in [0, 0.05) is 51.4 Å². The van der Waals surface area contributed by atoms with Gasteiger partial charge in [-0.05, 0) is 49.5 Å². The van der Waals surface area contributed by atoms with Crippen molar-refractivity contribution in [2.24, 2.45) is 5.73 Å². The molecular weight excluding hydrogens is 530 g/mol. The Morgan fingerprint density at radius 3 is 2.43 bits per heavy atom. The molecule has 1 aromatic heterocycles. The third-order valence-corrected chi connectivity index (χ3v) is 6.91. The molecule has 204 valence electrons. The van der Waals surface area contributed by atoms with Crippen LogP contribution in [0.25, 0.3) is 0 Å². The number of unbranched alkanes of at least 4 members (excludes halogenated alkanes) is 1. The van der Waals surface area contributed by atoms with Gasteiger partial charge in [0.2, 0.25) is 5.88 Å². The van der Waals surface area contributed by atoms with Gasteiger partial charge in [0.05, 0.1) is 5.02 Å². The smallest absolute Gasteiger partial charge is 0.319 e. The lowest BCUT2D eigenvalue weighted by Crippen LogP contribution is -2.46. The first kappa shape index (κ1) is 29.0. The van der Waals surface area contributed by atoms with Crippen molar-refractivity contribution in [1.29, 1.82) is 0 Å². The van der Waals surface area contributed by atoms with Gasteiger partial charge in [-0.15, -0.1) is 0 Å². The van der Waals surface area contributed by atoms with Gasteiger partial charge in [0.1, 0.15) is 28.8 Å². The molecule has 0 spiro atoms. The van der Waals surface area contributed by atoms with E-state index in [1.165, 1.54) is 0 Å². The summed E-state index contributed by atoms with van der Waals surface area (Å²) in [5, 5.41) is 13.9. The van der Waals surface area contributed by atoms with Crippen molar-refractivity contribution in [2.45, 2.75) is 25.9 Å². The van der Waals surface area contributed by atoms with Crippen LogP contribution in [0.4, 0.5) is 18.6 Å². The molecule has 14 heteroatoms. The van der Waals surface area contributed by atoms with E-state index in [2.05, 4.69) is 24.8 Å². The normalized spacial score (nSPS) is 14.5. The predicted molar refractivity (Wildman–Crippen MR) is 137 cm³/mol. The fourth-order valence-electron chi connectivity index (χ4n) is 3.84. The molecule has 1 saturated heterocycles. The van der Waals surface area contributed by atoms with Crippen LogP contribution >= 0.6 is 23.1 Å². The Labute approximate surface area is 222 Å². The van der Waals surface area contributed by atoms with Crippen LogP contribution in [0.2, 0.25) is 5.02 Å². The molecule has 1 fully saturated rings. The highest BCUT2D eigenvalue weighted by molar-refractivity contribution is 7.11. The fourth-order valence-corrected chi connectivity index (χ4v) is 4.72. The first-order valence-corrected chi connectivity index (χ1v) is 13.1. The van der Waals surface area contributed by atoms with Gasteiger partial charge in [0.15, 0.2) is 0 Å². The number of anilines is 1. The van der Waals surface area contributed by atoms with Crippen LogP contribution in [-0.4, -0.2) is 83.6 Å². The Hall–Kier alpha value is -2.58. The van der Waals surface area contributed by atoms with Crippen LogP contribution in [0.1, 0.15) is 35.2 Å². The molecule has 10 nitrogen and oxygen atoms in total. The van der Waals surface area contributed by atoms with Gasteiger partial charge in [-0.1, -0.05) is 11.6 Å². The molecule has 0 atom stereocenters. The summed E-state index contributed by atoms with van der Waals surface area (Å²) in [5.74, 6) is -2.68. The lowest BCUT2D eigenvalue weighted by Gasteiger charge is -2.34. The average molecular weight is 561 g/mol. The lowest BCUT2D eigenvalue weighted by atomic mass is 10.2. The summed E-state index contributed by atoms with van der Waals surface area (Å²) < 4.78 is 37.0. The first-order chi connectivity index (χ1) is 17.8. The van der Waals surface area contributed by atoms with Gasteiger partial charge in [0.25, 0.3) is 5.91 Å². The maximum Gasteiger partial charge on any atom is 0.319 e. The second-order valence-electron chi connectivity index (χ2n) is 8.55. The standard InChI is InChI=1S/C23H31ClF2N6O4S/c24-16-13-17(25)15(12-18(16)26)14-36-21-19(20(27)34)22(37-30-21)29-23(35)28-4-1-2-5-31-7-9-32(10-8-31)6-3-11-33/h12-13,33H,1-11,14H2,(H2,27,34)(H2,28,29,35). The molecule has 37 heavy (non-hydrogen) atoms. The van der Waals surface area contributed by atoms with Crippen molar-refractivity contribution in [3.05, 3.63) is 39.9 Å². The summed E-state index contributed by atoms with van der Waals surface area (Å²) in [4.78, 5) is 29.0. The van der Waals surface area contributed by atoms with Crippen molar-refractivity contribution in [3.8, 4) is 5.88 Å². The molecule has 0 unspecified atom stereocenters. The van der Waals surface area contributed by atoms with Crippen LogP contribution in [0, 0.1) is 11.6 Å². The number of benzene rings is 1. The molecule has 0 radical (unpaired) electrons. The van der Waals surface area contributed by atoms with Gasteiger partial charge in [-0.2, -0.15) is 4.37 Å². The van der Waals surface area contributed by atoms with Crippen molar-refractivity contribution >= 4 is 40.1 Å². The molecule has 3 amide bonds. The van der Waals surface area contributed by atoms with Crippen LogP contribution < -0.4 is 21.1 Å². The fraction of sp³-hybridized carbons (Fsp3) is 0.522. The zero-order valence-corrected chi connectivity index (χ0v) is 21.8. The van der Waals surface area contributed by atoms with E-state index in [9.17, 15) is 18.4 Å². The molecule has 1 aliphatic rings. The first-order valence-electron chi connectivity index (χ1n) is 11.9. The zero-order valence-electron chi connectivity index (χ0n) is 20.3. The average Bonchev–Trinajstić information content (AvgIpc) is 3.27. The summed E-state index contributed by atoms with van der Waals surface area (Å²) in [6.45, 7) is 6.08. The minimum absolute atomic E-state index is 0.0850. The number of nitrogens with two attached hydrogens (primary N) is 1. The number of rotatable bonds is 13.